The number of benzene rings is 1. The van der Waals surface area contributed by atoms with Gasteiger partial charge >= 0.3 is 0 Å². The van der Waals surface area contributed by atoms with Gasteiger partial charge in [-0.3, -0.25) is 4.79 Å². The zero-order valence-electron chi connectivity index (χ0n) is 13.9. The molecule has 1 aliphatic rings. The summed E-state index contributed by atoms with van der Waals surface area (Å²) in [4.78, 5) is 19.1. The lowest BCUT2D eigenvalue weighted by molar-refractivity contribution is 0.102. The molecule has 1 aromatic carbocycles. The number of nitrogens with one attached hydrogen (secondary N) is 1. The molecule has 3 heterocycles. The Morgan fingerprint density at radius 2 is 2.04 bits per heavy atom. The Morgan fingerprint density at radius 3 is 2.85 bits per heavy atom. The van der Waals surface area contributed by atoms with E-state index < -0.39 is 17.5 Å². The van der Waals surface area contributed by atoms with Crippen molar-refractivity contribution >= 4 is 28.7 Å². The Balaban J connectivity index is 1.76. The number of aromatic nitrogens is 1. The molecule has 4 nitrogen and oxygen atoms in total. The first-order valence-electron chi connectivity index (χ1n) is 8.10. The topological polar surface area (TPSA) is 45.2 Å². The van der Waals surface area contributed by atoms with Crippen molar-refractivity contribution < 1.29 is 13.6 Å². The second-order valence-corrected chi connectivity index (χ2v) is 7.05. The Morgan fingerprint density at radius 1 is 1.23 bits per heavy atom. The number of pyridine rings is 1. The van der Waals surface area contributed by atoms with Gasteiger partial charge in [0.25, 0.3) is 5.91 Å². The number of nitrogens with zero attached hydrogens (tertiary/aromatic N) is 2. The van der Waals surface area contributed by atoms with Crippen molar-refractivity contribution in [2.45, 2.75) is 6.42 Å². The van der Waals surface area contributed by atoms with Crippen molar-refractivity contribution in [1.29, 1.82) is 0 Å². The molecule has 4 rings (SSSR count). The standard InChI is InChI=1S/C19H15F2N3OS/c1-24-10-8-12-15(21)17(19(25)23-18-13(20)6-4-9-22-18)26-16(12)11-5-2-3-7-14(11)24/h2-7,9H,8,10H2,1H3,(H,22,23,25). The predicted molar refractivity (Wildman–Crippen MR) is 98.8 cm³/mol. The quantitative estimate of drug-likeness (QED) is 0.729. The van der Waals surface area contributed by atoms with E-state index in [0.29, 0.717) is 18.5 Å². The third kappa shape index (κ3) is 2.74. The van der Waals surface area contributed by atoms with Crippen molar-refractivity contribution in [3.8, 4) is 10.4 Å². The first-order valence-corrected chi connectivity index (χ1v) is 8.91. The zero-order valence-corrected chi connectivity index (χ0v) is 14.7. The van der Waals surface area contributed by atoms with Crippen molar-refractivity contribution in [2.75, 3.05) is 23.8 Å². The van der Waals surface area contributed by atoms with E-state index in [9.17, 15) is 13.6 Å². The molecular formula is C19H15F2N3OS. The van der Waals surface area contributed by atoms with Crippen LogP contribution in [0.3, 0.4) is 0 Å². The molecule has 0 radical (unpaired) electrons. The molecule has 0 bridgehead atoms. The number of rotatable bonds is 2. The first kappa shape index (κ1) is 16.7. The zero-order chi connectivity index (χ0) is 18.3. The molecule has 132 valence electrons. The Labute approximate surface area is 153 Å². The second kappa shape index (κ2) is 6.49. The maximum Gasteiger partial charge on any atom is 0.270 e. The SMILES string of the molecule is CN1CCc2c(sc(C(=O)Nc3ncccc3F)c2F)-c2ccccc21. The average molecular weight is 371 g/mol. The number of amides is 1. The lowest BCUT2D eigenvalue weighted by atomic mass is 10.1. The van der Waals surface area contributed by atoms with Gasteiger partial charge in [-0.1, -0.05) is 18.2 Å². The number of fused-ring (bicyclic) bond motifs is 3. The molecule has 1 N–H and O–H groups in total. The van der Waals surface area contributed by atoms with Gasteiger partial charge in [-0.2, -0.15) is 0 Å². The molecular weight excluding hydrogens is 356 g/mol. The number of para-hydroxylation sites is 1. The summed E-state index contributed by atoms with van der Waals surface area (Å²) >= 11 is 1.09. The van der Waals surface area contributed by atoms with Gasteiger partial charge in [0.2, 0.25) is 0 Å². The van der Waals surface area contributed by atoms with Crippen LogP contribution >= 0.6 is 11.3 Å². The van der Waals surface area contributed by atoms with E-state index in [2.05, 4.69) is 15.2 Å². The minimum atomic E-state index is -0.691. The fourth-order valence-corrected chi connectivity index (χ4v) is 4.23. The lowest BCUT2D eigenvalue weighted by Crippen LogP contribution is -2.19. The van der Waals surface area contributed by atoms with E-state index in [1.807, 2.05) is 31.3 Å². The fourth-order valence-electron chi connectivity index (χ4n) is 3.07. The number of likely N-dealkylation sites (N-methyl/N-ethyl adjacent to an activating group) is 1. The van der Waals surface area contributed by atoms with Crippen LogP contribution in [0.25, 0.3) is 10.4 Å². The third-order valence-corrected chi connectivity index (χ3v) is 5.64. The molecule has 2 aromatic heterocycles. The van der Waals surface area contributed by atoms with Crippen LogP contribution < -0.4 is 10.2 Å². The minimum Gasteiger partial charge on any atom is -0.374 e. The van der Waals surface area contributed by atoms with E-state index in [1.165, 1.54) is 18.3 Å². The van der Waals surface area contributed by atoms with Crippen molar-refractivity contribution in [2.24, 2.45) is 0 Å². The minimum absolute atomic E-state index is 0.0561. The van der Waals surface area contributed by atoms with E-state index in [4.69, 9.17) is 0 Å². The average Bonchev–Trinajstić information content (AvgIpc) is 2.90. The van der Waals surface area contributed by atoms with Crippen LogP contribution in [-0.2, 0) is 6.42 Å². The van der Waals surface area contributed by atoms with Gasteiger partial charge in [0.15, 0.2) is 17.5 Å². The summed E-state index contributed by atoms with van der Waals surface area (Å²) in [6, 6.07) is 10.3. The molecule has 0 spiro atoms. The summed E-state index contributed by atoms with van der Waals surface area (Å²) in [5.41, 5.74) is 2.42. The van der Waals surface area contributed by atoms with Crippen molar-refractivity contribution in [3.05, 3.63) is 64.7 Å². The summed E-state index contributed by atoms with van der Waals surface area (Å²) in [6.07, 6.45) is 1.86. The van der Waals surface area contributed by atoms with Crippen molar-refractivity contribution in [3.63, 3.8) is 0 Å². The third-order valence-electron chi connectivity index (χ3n) is 4.40. The highest BCUT2D eigenvalue weighted by atomic mass is 32.1. The Bertz CT molecular complexity index is 1000. The Hall–Kier alpha value is -2.80. The number of halogens is 2. The predicted octanol–water partition coefficient (Wildman–Crippen LogP) is 4.33. The fraction of sp³-hybridized carbons (Fsp3) is 0.158. The lowest BCUT2D eigenvalue weighted by Gasteiger charge is -2.18. The molecule has 0 aliphatic carbocycles. The Kier molecular flexibility index (Phi) is 4.16. The number of thiophene rings is 1. The number of anilines is 2. The maximum absolute atomic E-state index is 15.0. The smallest absolute Gasteiger partial charge is 0.270 e. The van der Waals surface area contributed by atoms with E-state index >= 15 is 0 Å². The molecule has 26 heavy (non-hydrogen) atoms. The molecule has 0 saturated carbocycles. The highest BCUT2D eigenvalue weighted by Gasteiger charge is 2.28. The second-order valence-electron chi connectivity index (χ2n) is 6.03. The molecule has 1 amide bonds. The van der Waals surface area contributed by atoms with Crippen LogP contribution in [0.1, 0.15) is 15.2 Å². The van der Waals surface area contributed by atoms with Crippen LogP contribution in [-0.4, -0.2) is 24.5 Å². The number of carbonyl (C=O) groups excluding carboxylic acids is 1. The van der Waals surface area contributed by atoms with Gasteiger partial charge < -0.3 is 10.2 Å². The van der Waals surface area contributed by atoms with E-state index in [0.717, 1.165) is 27.5 Å². The van der Waals surface area contributed by atoms with Gasteiger partial charge in [0.05, 0.1) is 0 Å². The normalized spacial score (nSPS) is 13.0. The van der Waals surface area contributed by atoms with E-state index in [1.54, 1.807) is 0 Å². The van der Waals surface area contributed by atoms with Gasteiger partial charge in [0, 0.05) is 41.5 Å². The van der Waals surface area contributed by atoms with Crippen LogP contribution in [0.5, 0.6) is 0 Å². The number of hydrogen-bond acceptors (Lipinski definition) is 4. The van der Waals surface area contributed by atoms with Crippen LogP contribution in [0.2, 0.25) is 0 Å². The maximum atomic E-state index is 15.0. The van der Waals surface area contributed by atoms with Gasteiger partial charge in [-0.15, -0.1) is 11.3 Å². The van der Waals surface area contributed by atoms with Gasteiger partial charge in [-0.25, -0.2) is 13.8 Å². The monoisotopic (exact) mass is 371 g/mol. The molecule has 0 saturated heterocycles. The summed E-state index contributed by atoms with van der Waals surface area (Å²) in [5.74, 6) is -2.10. The van der Waals surface area contributed by atoms with Gasteiger partial charge in [0.1, 0.15) is 4.88 Å². The molecule has 7 heteroatoms. The first-order chi connectivity index (χ1) is 12.6. The highest BCUT2D eigenvalue weighted by Crippen LogP contribution is 2.42. The summed E-state index contributed by atoms with van der Waals surface area (Å²) in [5, 5.41) is 2.36. The van der Waals surface area contributed by atoms with Crippen molar-refractivity contribution in [1.82, 2.24) is 4.98 Å². The molecule has 0 atom stereocenters. The summed E-state index contributed by atoms with van der Waals surface area (Å²) in [6.45, 7) is 0.646. The largest absolute Gasteiger partial charge is 0.374 e. The molecule has 3 aromatic rings. The van der Waals surface area contributed by atoms with Gasteiger partial charge in [-0.05, 0) is 24.6 Å². The molecule has 1 aliphatic heterocycles. The van der Waals surface area contributed by atoms with Crippen LogP contribution in [0.4, 0.5) is 20.3 Å². The van der Waals surface area contributed by atoms with Crippen LogP contribution in [0.15, 0.2) is 42.6 Å². The summed E-state index contributed by atoms with van der Waals surface area (Å²) in [7, 11) is 1.96. The highest BCUT2D eigenvalue weighted by molar-refractivity contribution is 7.17. The number of carbonyl (C=O) groups is 1. The molecule has 0 unspecified atom stereocenters. The van der Waals surface area contributed by atoms with E-state index in [-0.39, 0.29) is 10.7 Å². The summed E-state index contributed by atoms with van der Waals surface area (Å²) < 4.78 is 28.7. The molecule has 0 fully saturated rings. The van der Waals surface area contributed by atoms with Crippen LogP contribution in [0, 0.1) is 11.6 Å². The number of hydrogen-bond donors (Lipinski definition) is 1.